The summed E-state index contributed by atoms with van der Waals surface area (Å²) in [6.45, 7) is 6.06. The van der Waals surface area contributed by atoms with Gasteiger partial charge in [0.25, 0.3) is 0 Å². The minimum atomic E-state index is 0.331. The Morgan fingerprint density at radius 3 is 2.67 bits per heavy atom. The maximum Gasteiger partial charge on any atom is 0.0479 e. The number of nitrogens with zero attached hydrogens (tertiary/aromatic N) is 1. The van der Waals surface area contributed by atoms with Crippen molar-refractivity contribution in [2.24, 2.45) is 5.73 Å². The molecule has 2 N–H and O–H groups in total. The SMILES string of the molecule is Cc1ccc(C(CN)N(Cc2ccsc2)C2CC2)c(C)c1. The Labute approximate surface area is 131 Å². The van der Waals surface area contributed by atoms with Crippen LogP contribution in [0, 0.1) is 13.8 Å². The molecule has 1 fully saturated rings. The summed E-state index contributed by atoms with van der Waals surface area (Å²) in [4.78, 5) is 2.61. The van der Waals surface area contributed by atoms with Gasteiger partial charge in [-0.3, -0.25) is 4.90 Å². The molecule has 3 heteroatoms. The average Bonchev–Trinajstić information content (AvgIpc) is 3.18. The lowest BCUT2D eigenvalue weighted by atomic mass is 9.97. The fourth-order valence-electron chi connectivity index (χ4n) is 3.13. The van der Waals surface area contributed by atoms with Crippen molar-refractivity contribution in [3.8, 4) is 0 Å². The molecule has 0 saturated heterocycles. The molecule has 1 unspecified atom stereocenters. The van der Waals surface area contributed by atoms with Crippen LogP contribution in [0.4, 0.5) is 0 Å². The monoisotopic (exact) mass is 300 g/mol. The van der Waals surface area contributed by atoms with Crippen LogP contribution >= 0.6 is 11.3 Å². The van der Waals surface area contributed by atoms with E-state index < -0.39 is 0 Å². The topological polar surface area (TPSA) is 29.3 Å². The van der Waals surface area contributed by atoms with Crippen molar-refractivity contribution in [3.63, 3.8) is 0 Å². The summed E-state index contributed by atoms with van der Waals surface area (Å²) in [5.74, 6) is 0. The maximum atomic E-state index is 6.17. The van der Waals surface area contributed by atoms with Gasteiger partial charge in [0.15, 0.2) is 0 Å². The van der Waals surface area contributed by atoms with Gasteiger partial charge in [0.2, 0.25) is 0 Å². The summed E-state index contributed by atoms with van der Waals surface area (Å²) in [6, 6.07) is 10.0. The van der Waals surface area contributed by atoms with Crippen molar-refractivity contribution in [2.45, 2.75) is 45.3 Å². The summed E-state index contributed by atoms with van der Waals surface area (Å²) >= 11 is 1.78. The molecule has 1 atom stereocenters. The van der Waals surface area contributed by atoms with Gasteiger partial charge >= 0.3 is 0 Å². The Kier molecular flexibility index (Phi) is 4.43. The summed E-state index contributed by atoms with van der Waals surface area (Å²) in [5, 5.41) is 4.42. The van der Waals surface area contributed by atoms with Crippen molar-refractivity contribution in [1.82, 2.24) is 4.90 Å². The third-order valence-corrected chi connectivity index (χ3v) is 5.10. The molecule has 112 valence electrons. The third kappa shape index (κ3) is 3.37. The molecular formula is C18H24N2S. The summed E-state index contributed by atoms with van der Waals surface area (Å²) < 4.78 is 0. The first kappa shape index (κ1) is 14.8. The van der Waals surface area contributed by atoms with Crippen LogP contribution in [-0.2, 0) is 6.54 Å². The van der Waals surface area contributed by atoms with Crippen molar-refractivity contribution in [2.75, 3.05) is 6.54 Å². The molecule has 3 rings (SSSR count). The molecule has 1 saturated carbocycles. The number of benzene rings is 1. The Balaban J connectivity index is 1.88. The first-order valence-electron chi connectivity index (χ1n) is 7.73. The molecule has 1 heterocycles. The van der Waals surface area contributed by atoms with Crippen molar-refractivity contribution in [3.05, 3.63) is 57.3 Å². The summed E-state index contributed by atoms with van der Waals surface area (Å²) in [6.07, 6.45) is 2.62. The van der Waals surface area contributed by atoms with Gasteiger partial charge in [0, 0.05) is 25.2 Å². The van der Waals surface area contributed by atoms with E-state index in [1.54, 1.807) is 11.3 Å². The fraction of sp³-hybridized carbons (Fsp3) is 0.444. The predicted molar refractivity (Wildman–Crippen MR) is 90.6 cm³/mol. The maximum absolute atomic E-state index is 6.17. The van der Waals surface area contributed by atoms with Gasteiger partial charge in [-0.05, 0) is 60.2 Å². The van der Waals surface area contributed by atoms with E-state index in [1.807, 2.05) is 0 Å². The van der Waals surface area contributed by atoms with Gasteiger partial charge in [-0.15, -0.1) is 0 Å². The van der Waals surface area contributed by atoms with E-state index in [1.165, 1.54) is 35.1 Å². The summed E-state index contributed by atoms with van der Waals surface area (Å²) in [7, 11) is 0. The van der Waals surface area contributed by atoms with Gasteiger partial charge in [-0.1, -0.05) is 23.8 Å². The Morgan fingerprint density at radius 1 is 1.29 bits per heavy atom. The molecule has 2 aromatic rings. The lowest BCUT2D eigenvalue weighted by molar-refractivity contribution is 0.181. The Hall–Kier alpha value is -1.16. The highest BCUT2D eigenvalue weighted by atomic mass is 32.1. The largest absolute Gasteiger partial charge is 0.329 e. The number of hydrogen-bond donors (Lipinski definition) is 1. The molecule has 2 nitrogen and oxygen atoms in total. The molecule has 1 aliphatic rings. The highest BCUT2D eigenvalue weighted by molar-refractivity contribution is 7.07. The molecule has 0 bridgehead atoms. The quantitative estimate of drug-likeness (QED) is 0.872. The van der Waals surface area contributed by atoms with E-state index in [0.29, 0.717) is 18.6 Å². The number of rotatable bonds is 6. The van der Waals surface area contributed by atoms with Gasteiger partial charge in [-0.2, -0.15) is 11.3 Å². The van der Waals surface area contributed by atoms with Crippen LogP contribution in [0.25, 0.3) is 0 Å². The van der Waals surface area contributed by atoms with E-state index in [9.17, 15) is 0 Å². The minimum absolute atomic E-state index is 0.331. The van der Waals surface area contributed by atoms with Gasteiger partial charge < -0.3 is 5.73 Å². The molecule has 0 radical (unpaired) electrons. The number of nitrogens with two attached hydrogens (primary N) is 1. The number of hydrogen-bond acceptors (Lipinski definition) is 3. The molecule has 1 aromatic carbocycles. The van der Waals surface area contributed by atoms with Crippen LogP contribution < -0.4 is 5.73 Å². The third-order valence-electron chi connectivity index (χ3n) is 4.37. The highest BCUT2D eigenvalue weighted by Gasteiger charge is 2.34. The van der Waals surface area contributed by atoms with Crippen molar-refractivity contribution < 1.29 is 0 Å². The van der Waals surface area contributed by atoms with E-state index in [4.69, 9.17) is 5.73 Å². The first-order valence-corrected chi connectivity index (χ1v) is 8.67. The van der Waals surface area contributed by atoms with E-state index in [2.05, 4.69) is 53.8 Å². The van der Waals surface area contributed by atoms with Crippen molar-refractivity contribution in [1.29, 1.82) is 0 Å². The molecule has 1 aromatic heterocycles. The van der Waals surface area contributed by atoms with Gasteiger partial charge in [0.05, 0.1) is 0 Å². The number of aryl methyl sites for hydroxylation is 2. The van der Waals surface area contributed by atoms with E-state index >= 15 is 0 Å². The van der Waals surface area contributed by atoms with Crippen LogP contribution in [0.2, 0.25) is 0 Å². The predicted octanol–water partition coefficient (Wildman–Crippen LogP) is 4.03. The average molecular weight is 300 g/mol. The summed E-state index contributed by atoms with van der Waals surface area (Å²) in [5.41, 5.74) is 11.7. The van der Waals surface area contributed by atoms with Crippen molar-refractivity contribution >= 4 is 11.3 Å². The van der Waals surface area contributed by atoms with Crippen LogP contribution in [0.3, 0.4) is 0 Å². The molecule has 0 amide bonds. The molecule has 0 spiro atoms. The molecular weight excluding hydrogens is 276 g/mol. The zero-order chi connectivity index (χ0) is 14.8. The second-order valence-electron chi connectivity index (χ2n) is 6.15. The van der Waals surface area contributed by atoms with Crippen LogP contribution in [-0.4, -0.2) is 17.5 Å². The van der Waals surface area contributed by atoms with Crippen LogP contribution in [0.15, 0.2) is 35.0 Å². The standard InChI is InChI=1S/C18H24N2S/c1-13-3-6-17(14(2)9-13)18(10-19)20(16-4-5-16)11-15-7-8-21-12-15/h3,6-9,12,16,18H,4-5,10-11,19H2,1-2H3. The molecule has 0 aliphatic heterocycles. The molecule has 21 heavy (non-hydrogen) atoms. The van der Waals surface area contributed by atoms with Gasteiger partial charge in [-0.25, -0.2) is 0 Å². The minimum Gasteiger partial charge on any atom is -0.329 e. The van der Waals surface area contributed by atoms with Gasteiger partial charge in [0.1, 0.15) is 0 Å². The lowest BCUT2D eigenvalue weighted by Crippen LogP contribution is -2.35. The normalized spacial score (nSPS) is 16.4. The van der Waals surface area contributed by atoms with E-state index in [0.717, 1.165) is 6.54 Å². The van der Waals surface area contributed by atoms with Crippen LogP contribution in [0.1, 0.15) is 41.1 Å². The first-order chi connectivity index (χ1) is 10.2. The highest BCUT2D eigenvalue weighted by Crippen LogP contribution is 2.36. The van der Waals surface area contributed by atoms with E-state index in [-0.39, 0.29) is 0 Å². The van der Waals surface area contributed by atoms with Crippen LogP contribution in [0.5, 0.6) is 0 Å². The second kappa shape index (κ2) is 6.30. The zero-order valence-electron chi connectivity index (χ0n) is 12.9. The second-order valence-corrected chi connectivity index (χ2v) is 6.93. The Bertz CT molecular complexity index is 587. The fourth-order valence-corrected chi connectivity index (χ4v) is 3.79. The number of thiophene rings is 1. The molecule has 1 aliphatic carbocycles. The Morgan fingerprint density at radius 2 is 2.10 bits per heavy atom. The smallest absolute Gasteiger partial charge is 0.0479 e. The lowest BCUT2D eigenvalue weighted by Gasteiger charge is -2.32. The zero-order valence-corrected chi connectivity index (χ0v) is 13.7.